The molecule has 1 aromatic rings. The maximum atomic E-state index is 11.6. The van der Waals surface area contributed by atoms with Crippen molar-refractivity contribution in [1.82, 2.24) is 10.2 Å². The lowest BCUT2D eigenvalue weighted by atomic mass is 9.97. The molecule has 0 aliphatic carbocycles. The van der Waals surface area contributed by atoms with Crippen LogP contribution in [-0.4, -0.2) is 64.2 Å². The van der Waals surface area contributed by atoms with Crippen molar-refractivity contribution < 1.29 is 9.53 Å². The Hall–Kier alpha value is -2.24. The number of esters is 1. The van der Waals surface area contributed by atoms with Crippen molar-refractivity contribution in [3.63, 3.8) is 0 Å². The van der Waals surface area contributed by atoms with E-state index in [2.05, 4.69) is 51.4 Å². The molecule has 1 aliphatic heterocycles. The van der Waals surface area contributed by atoms with E-state index in [0.29, 0.717) is 0 Å². The minimum atomic E-state index is -0.0912. The van der Waals surface area contributed by atoms with E-state index >= 15 is 0 Å². The number of nitrogens with zero attached hydrogens (tertiary/aromatic N) is 3. The van der Waals surface area contributed by atoms with Gasteiger partial charge in [0.2, 0.25) is 0 Å². The standard InChI is InChI=1S/C19H30N4O2/c1-20-19(23-14-10-16(11-15-23)18(24)25-3)21-12-7-13-22(2)17-8-5-4-6-9-17/h4-6,8-9,16H,7,10-15H2,1-3H3,(H,20,21). The van der Waals surface area contributed by atoms with E-state index < -0.39 is 0 Å². The Morgan fingerprint density at radius 1 is 1.32 bits per heavy atom. The first kappa shape index (κ1) is 19.1. The average molecular weight is 346 g/mol. The Kier molecular flexibility index (Phi) is 7.57. The summed E-state index contributed by atoms with van der Waals surface area (Å²) in [6, 6.07) is 10.4. The molecular formula is C19H30N4O2. The smallest absolute Gasteiger partial charge is 0.308 e. The third-order valence-corrected chi connectivity index (χ3v) is 4.69. The highest BCUT2D eigenvalue weighted by Gasteiger charge is 2.26. The molecule has 1 N–H and O–H groups in total. The molecule has 0 spiro atoms. The van der Waals surface area contributed by atoms with Gasteiger partial charge in [-0.25, -0.2) is 0 Å². The van der Waals surface area contributed by atoms with Crippen molar-refractivity contribution in [3.8, 4) is 0 Å². The van der Waals surface area contributed by atoms with Crippen LogP contribution in [0.15, 0.2) is 35.3 Å². The number of carbonyl (C=O) groups excluding carboxylic acids is 1. The molecule has 0 aromatic heterocycles. The van der Waals surface area contributed by atoms with Gasteiger partial charge < -0.3 is 19.9 Å². The maximum absolute atomic E-state index is 11.6. The van der Waals surface area contributed by atoms with Crippen molar-refractivity contribution >= 4 is 17.6 Å². The summed E-state index contributed by atoms with van der Waals surface area (Å²) in [5.74, 6) is 0.858. The van der Waals surface area contributed by atoms with E-state index in [0.717, 1.165) is 51.4 Å². The van der Waals surface area contributed by atoms with Crippen LogP contribution in [0.2, 0.25) is 0 Å². The molecule has 0 unspecified atom stereocenters. The molecule has 0 bridgehead atoms. The van der Waals surface area contributed by atoms with Crippen LogP contribution >= 0.6 is 0 Å². The first-order chi connectivity index (χ1) is 12.2. The van der Waals surface area contributed by atoms with Crippen LogP contribution in [0.4, 0.5) is 5.69 Å². The lowest BCUT2D eigenvalue weighted by molar-refractivity contribution is -0.146. The summed E-state index contributed by atoms with van der Waals surface area (Å²) in [5.41, 5.74) is 1.23. The number of methoxy groups -OCH3 is 1. The highest BCUT2D eigenvalue weighted by Crippen LogP contribution is 2.18. The monoisotopic (exact) mass is 346 g/mol. The number of rotatable bonds is 6. The molecule has 1 heterocycles. The van der Waals surface area contributed by atoms with Crippen molar-refractivity contribution in [3.05, 3.63) is 30.3 Å². The van der Waals surface area contributed by atoms with E-state index in [1.807, 2.05) is 13.1 Å². The number of piperidine rings is 1. The predicted molar refractivity (Wildman–Crippen MR) is 102 cm³/mol. The Balaban J connectivity index is 1.70. The van der Waals surface area contributed by atoms with Gasteiger partial charge in [0.15, 0.2) is 5.96 Å². The second kappa shape index (κ2) is 9.91. The van der Waals surface area contributed by atoms with Gasteiger partial charge in [-0.1, -0.05) is 18.2 Å². The molecule has 1 saturated heterocycles. The lowest BCUT2D eigenvalue weighted by Crippen LogP contribution is -2.47. The second-order valence-electron chi connectivity index (χ2n) is 6.37. The highest BCUT2D eigenvalue weighted by molar-refractivity contribution is 5.80. The number of nitrogens with one attached hydrogen (secondary N) is 1. The summed E-state index contributed by atoms with van der Waals surface area (Å²) in [5, 5.41) is 3.44. The third-order valence-electron chi connectivity index (χ3n) is 4.69. The number of para-hydroxylation sites is 1. The molecule has 0 radical (unpaired) electrons. The van der Waals surface area contributed by atoms with Gasteiger partial charge in [0.25, 0.3) is 0 Å². The molecule has 25 heavy (non-hydrogen) atoms. The zero-order valence-electron chi connectivity index (χ0n) is 15.6. The Morgan fingerprint density at radius 3 is 2.60 bits per heavy atom. The fraction of sp³-hybridized carbons (Fsp3) is 0.579. The van der Waals surface area contributed by atoms with Gasteiger partial charge in [-0.3, -0.25) is 9.79 Å². The normalized spacial score (nSPS) is 15.8. The van der Waals surface area contributed by atoms with Gasteiger partial charge in [-0.05, 0) is 31.4 Å². The van der Waals surface area contributed by atoms with Gasteiger partial charge in [0.1, 0.15) is 0 Å². The summed E-state index contributed by atoms with van der Waals surface area (Å²) in [7, 11) is 5.38. The number of carbonyl (C=O) groups is 1. The van der Waals surface area contributed by atoms with Gasteiger partial charge in [0, 0.05) is 46.0 Å². The lowest BCUT2D eigenvalue weighted by Gasteiger charge is -2.33. The molecule has 1 fully saturated rings. The topological polar surface area (TPSA) is 57.2 Å². The Labute approximate surface area is 150 Å². The third kappa shape index (κ3) is 5.66. The van der Waals surface area contributed by atoms with Crippen molar-refractivity contribution in [1.29, 1.82) is 0 Å². The van der Waals surface area contributed by atoms with E-state index in [-0.39, 0.29) is 11.9 Å². The second-order valence-corrected chi connectivity index (χ2v) is 6.37. The highest BCUT2D eigenvalue weighted by atomic mass is 16.5. The number of hydrogen-bond acceptors (Lipinski definition) is 4. The summed E-state index contributed by atoms with van der Waals surface area (Å²) in [6.45, 7) is 3.53. The van der Waals surface area contributed by atoms with Crippen LogP contribution in [0.1, 0.15) is 19.3 Å². The van der Waals surface area contributed by atoms with Gasteiger partial charge in [0.05, 0.1) is 13.0 Å². The molecule has 2 rings (SSSR count). The van der Waals surface area contributed by atoms with E-state index in [1.54, 1.807) is 0 Å². The van der Waals surface area contributed by atoms with Crippen LogP contribution < -0.4 is 10.2 Å². The summed E-state index contributed by atoms with van der Waals surface area (Å²) in [4.78, 5) is 20.5. The van der Waals surface area contributed by atoms with Crippen molar-refractivity contribution in [2.45, 2.75) is 19.3 Å². The average Bonchev–Trinajstić information content (AvgIpc) is 2.68. The minimum Gasteiger partial charge on any atom is -0.469 e. The summed E-state index contributed by atoms with van der Waals surface area (Å²) >= 11 is 0. The first-order valence-corrected chi connectivity index (χ1v) is 8.95. The maximum Gasteiger partial charge on any atom is 0.308 e. The fourth-order valence-electron chi connectivity index (χ4n) is 3.15. The number of hydrogen-bond donors (Lipinski definition) is 1. The van der Waals surface area contributed by atoms with E-state index in [4.69, 9.17) is 4.74 Å². The predicted octanol–water partition coefficient (Wildman–Crippen LogP) is 1.97. The minimum absolute atomic E-state index is 0.0267. The van der Waals surface area contributed by atoms with Crippen LogP contribution in [-0.2, 0) is 9.53 Å². The van der Waals surface area contributed by atoms with Crippen LogP contribution in [0.25, 0.3) is 0 Å². The molecule has 138 valence electrons. The first-order valence-electron chi connectivity index (χ1n) is 8.95. The molecule has 0 atom stereocenters. The zero-order valence-corrected chi connectivity index (χ0v) is 15.6. The van der Waals surface area contributed by atoms with Crippen LogP contribution in [0.5, 0.6) is 0 Å². The quantitative estimate of drug-likeness (QED) is 0.369. The molecule has 6 nitrogen and oxygen atoms in total. The molecule has 1 aromatic carbocycles. The van der Waals surface area contributed by atoms with Gasteiger partial charge in [-0.2, -0.15) is 0 Å². The zero-order chi connectivity index (χ0) is 18.1. The molecule has 6 heteroatoms. The molecular weight excluding hydrogens is 316 g/mol. The number of aliphatic imine (C=N–C) groups is 1. The Morgan fingerprint density at radius 2 is 2.00 bits per heavy atom. The molecule has 0 amide bonds. The number of anilines is 1. The van der Waals surface area contributed by atoms with Crippen LogP contribution in [0, 0.1) is 5.92 Å². The number of ether oxygens (including phenoxy) is 1. The van der Waals surface area contributed by atoms with Crippen LogP contribution in [0.3, 0.4) is 0 Å². The molecule has 0 saturated carbocycles. The van der Waals surface area contributed by atoms with E-state index in [1.165, 1.54) is 12.8 Å². The summed E-state index contributed by atoms with van der Waals surface area (Å²) < 4.78 is 4.84. The number of benzene rings is 1. The van der Waals surface area contributed by atoms with Crippen molar-refractivity contribution in [2.24, 2.45) is 10.9 Å². The SMILES string of the molecule is CN=C(NCCCN(C)c1ccccc1)N1CCC(C(=O)OC)CC1. The van der Waals surface area contributed by atoms with Crippen molar-refractivity contribution in [2.75, 3.05) is 52.3 Å². The number of guanidine groups is 1. The summed E-state index contributed by atoms with van der Waals surface area (Å²) in [6.07, 6.45) is 2.68. The Bertz CT molecular complexity index is 554. The number of likely N-dealkylation sites (tertiary alicyclic amines) is 1. The van der Waals surface area contributed by atoms with Gasteiger partial charge >= 0.3 is 5.97 Å². The van der Waals surface area contributed by atoms with E-state index in [9.17, 15) is 4.79 Å². The van der Waals surface area contributed by atoms with Gasteiger partial charge in [-0.15, -0.1) is 0 Å². The fourth-order valence-corrected chi connectivity index (χ4v) is 3.15. The molecule has 1 aliphatic rings. The largest absolute Gasteiger partial charge is 0.469 e.